The number of nitrogens with zero attached hydrogens (tertiary/aromatic N) is 1. The number of benzene rings is 2. The van der Waals surface area contributed by atoms with Gasteiger partial charge in [0.05, 0.1) is 5.92 Å². The lowest BCUT2D eigenvalue weighted by Gasteiger charge is -2.15. The SMILES string of the molecule is CN(CC(=O)O)C(=O)[C@@H]1[C@H](CNC(=O)OCC2c3ccccc3-c3ccccc32)C1(F)F. The fourth-order valence-electron chi connectivity index (χ4n) is 4.34. The number of halogens is 2. The maximum atomic E-state index is 14.0. The number of rotatable bonds is 7. The Bertz CT molecular complexity index is 1030. The number of amides is 2. The molecule has 1 saturated carbocycles. The smallest absolute Gasteiger partial charge is 0.407 e. The van der Waals surface area contributed by atoms with Crippen molar-refractivity contribution < 1.29 is 33.0 Å². The van der Waals surface area contributed by atoms with Crippen molar-refractivity contribution in [2.45, 2.75) is 11.8 Å². The number of nitrogens with one attached hydrogen (secondary N) is 1. The van der Waals surface area contributed by atoms with Crippen LogP contribution in [0, 0.1) is 11.8 Å². The van der Waals surface area contributed by atoms with Crippen LogP contribution in [0.4, 0.5) is 13.6 Å². The van der Waals surface area contributed by atoms with Crippen LogP contribution >= 0.6 is 0 Å². The van der Waals surface area contributed by atoms with Gasteiger partial charge in [-0.05, 0) is 22.3 Å². The molecule has 2 aromatic rings. The number of carboxylic acid groups (broad SMARTS) is 1. The predicted octanol–water partition coefficient (Wildman–Crippen LogP) is 2.95. The minimum Gasteiger partial charge on any atom is -0.480 e. The fourth-order valence-corrected chi connectivity index (χ4v) is 4.34. The molecule has 1 fully saturated rings. The number of ether oxygens (including phenoxy) is 1. The Morgan fingerprint density at radius 2 is 1.62 bits per heavy atom. The third-order valence-corrected chi connectivity index (χ3v) is 6.03. The highest BCUT2D eigenvalue weighted by molar-refractivity contribution is 5.86. The first-order chi connectivity index (χ1) is 15.2. The van der Waals surface area contributed by atoms with E-state index in [0.717, 1.165) is 34.2 Å². The molecule has 9 heteroatoms. The first-order valence-corrected chi connectivity index (χ1v) is 10.1. The molecule has 7 nitrogen and oxygen atoms in total. The Labute approximate surface area is 183 Å². The summed E-state index contributed by atoms with van der Waals surface area (Å²) in [5.41, 5.74) is 4.20. The second kappa shape index (κ2) is 8.22. The van der Waals surface area contributed by atoms with Crippen LogP contribution < -0.4 is 5.32 Å². The molecule has 2 aliphatic carbocycles. The topological polar surface area (TPSA) is 95.9 Å². The predicted molar refractivity (Wildman–Crippen MR) is 110 cm³/mol. The molecule has 0 aromatic heterocycles. The van der Waals surface area contributed by atoms with Crippen molar-refractivity contribution >= 4 is 18.0 Å². The summed E-state index contributed by atoms with van der Waals surface area (Å²) in [5, 5.41) is 11.0. The zero-order valence-electron chi connectivity index (χ0n) is 17.3. The molecule has 2 atom stereocenters. The molecular formula is C23H22F2N2O5. The van der Waals surface area contributed by atoms with Crippen molar-refractivity contribution in [3.8, 4) is 11.1 Å². The highest BCUT2D eigenvalue weighted by atomic mass is 19.3. The summed E-state index contributed by atoms with van der Waals surface area (Å²) in [6.07, 6.45) is -0.848. The number of aliphatic carboxylic acids is 1. The van der Waals surface area contributed by atoms with Crippen LogP contribution in [0.5, 0.6) is 0 Å². The number of likely N-dealkylation sites (N-methyl/N-ethyl adjacent to an activating group) is 1. The van der Waals surface area contributed by atoms with E-state index >= 15 is 0 Å². The van der Waals surface area contributed by atoms with E-state index in [9.17, 15) is 23.2 Å². The molecule has 0 spiro atoms. The molecule has 2 amide bonds. The van der Waals surface area contributed by atoms with E-state index in [-0.39, 0.29) is 12.5 Å². The van der Waals surface area contributed by atoms with E-state index in [1.165, 1.54) is 0 Å². The Morgan fingerprint density at radius 3 is 2.19 bits per heavy atom. The van der Waals surface area contributed by atoms with Gasteiger partial charge in [-0.2, -0.15) is 0 Å². The van der Waals surface area contributed by atoms with E-state index < -0.39 is 48.8 Å². The quantitative estimate of drug-likeness (QED) is 0.685. The van der Waals surface area contributed by atoms with Crippen molar-refractivity contribution in [3.05, 3.63) is 59.7 Å². The molecule has 0 heterocycles. The van der Waals surface area contributed by atoms with Crippen LogP contribution in [0.15, 0.2) is 48.5 Å². The van der Waals surface area contributed by atoms with Gasteiger partial charge in [-0.15, -0.1) is 0 Å². The molecule has 4 rings (SSSR count). The zero-order valence-corrected chi connectivity index (χ0v) is 17.3. The summed E-state index contributed by atoms with van der Waals surface area (Å²) < 4.78 is 33.4. The summed E-state index contributed by atoms with van der Waals surface area (Å²) in [6.45, 7) is -1.07. The molecule has 168 valence electrons. The van der Waals surface area contributed by atoms with Gasteiger partial charge in [0.15, 0.2) is 0 Å². The number of carbonyl (C=O) groups excluding carboxylic acids is 2. The average Bonchev–Trinajstić information content (AvgIpc) is 3.16. The van der Waals surface area contributed by atoms with E-state index in [1.807, 2.05) is 48.5 Å². The van der Waals surface area contributed by atoms with Crippen molar-refractivity contribution in [1.29, 1.82) is 0 Å². The van der Waals surface area contributed by atoms with Crippen molar-refractivity contribution in [2.75, 3.05) is 26.7 Å². The number of hydrogen-bond acceptors (Lipinski definition) is 4. The maximum Gasteiger partial charge on any atom is 0.407 e. The Kier molecular flexibility index (Phi) is 5.58. The summed E-state index contributed by atoms with van der Waals surface area (Å²) in [4.78, 5) is 35.7. The Hall–Kier alpha value is -3.49. The summed E-state index contributed by atoms with van der Waals surface area (Å²) in [6, 6.07) is 15.6. The second-order valence-corrected chi connectivity index (χ2v) is 8.05. The highest BCUT2D eigenvalue weighted by Gasteiger charge is 2.72. The molecule has 0 unspecified atom stereocenters. The number of alkyl carbamates (subject to hydrolysis) is 1. The Balaban J connectivity index is 1.33. The summed E-state index contributed by atoms with van der Waals surface area (Å²) in [5.74, 6) is -8.77. The Morgan fingerprint density at radius 1 is 1.06 bits per heavy atom. The number of carbonyl (C=O) groups is 3. The lowest BCUT2D eigenvalue weighted by Crippen LogP contribution is -2.35. The normalized spacial score (nSPS) is 20.1. The summed E-state index contributed by atoms with van der Waals surface area (Å²) in [7, 11) is 1.15. The van der Waals surface area contributed by atoms with Gasteiger partial charge >= 0.3 is 12.1 Å². The minimum atomic E-state index is -3.31. The molecule has 0 radical (unpaired) electrons. The number of hydrogen-bond donors (Lipinski definition) is 2. The third-order valence-electron chi connectivity index (χ3n) is 6.03. The van der Waals surface area contributed by atoms with Gasteiger partial charge < -0.3 is 20.1 Å². The van der Waals surface area contributed by atoms with Gasteiger partial charge in [-0.25, -0.2) is 13.6 Å². The molecule has 0 saturated heterocycles. The van der Waals surface area contributed by atoms with Crippen LogP contribution in [0.1, 0.15) is 17.0 Å². The summed E-state index contributed by atoms with van der Waals surface area (Å²) >= 11 is 0. The van der Waals surface area contributed by atoms with Crippen LogP contribution in [0.25, 0.3) is 11.1 Å². The lowest BCUT2D eigenvalue weighted by atomic mass is 9.98. The molecule has 32 heavy (non-hydrogen) atoms. The first kappa shape index (κ1) is 21.7. The van der Waals surface area contributed by atoms with Gasteiger partial charge in [-0.3, -0.25) is 9.59 Å². The number of alkyl halides is 2. The average molecular weight is 444 g/mol. The standard InChI is InChI=1S/C23H22F2N2O5/c1-27(11-19(28)29)21(30)20-18(23(20,24)25)10-26-22(31)32-12-17-15-8-4-2-6-13(15)14-7-3-5-9-16(14)17/h2-9,17-18,20H,10-12H2,1H3,(H,26,31)(H,28,29)/t18-,20-/m0/s1. The molecular weight excluding hydrogens is 422 g/mol. The molecule has 2 N–H and O–H groups in total. The van der Waals surface area contributed by atoms with Crippen LogP contribution in [-0.4, -0.2) is 60.6 Å². The molecule has 0 bridgehead atoms. The van der Waals surface area contributed by atoms with E-state index in [1.54, 1.807) is 0 Å². The first-order valence-electron chi connectivity index (χ1n) is 10.1. The maximum absolute atomic E-state index is 14.0. The number of carboxylic acids is 1. The lowest BCUT2D eigenvalue weighted by molar-refractivity contribution is -0.144. The largest absolute Gasteiger partial charge is 0.480 e. The minimum absolute atomic E-state index is 0.0463. The van der Waals surface area contributed by atoms with Crippen molar-refractivity contribution in [3.63, 3.8) is 0 Å². The second-order valence-electron chi connectivity index (χ2n) is 8.05. The molecule has 2 aliphatic rings. The van der Waals surface area contributed by atoms with Crippen LogP contribution in [0.3, 0.4) is 0 Å². The van der Waals surface area contributed by atoms with E-state index in [4.69, 9.17) is 9.84 Å². The van der Waals surface area contributed by atoms with E-state index in [2.05, 4.69) is 5.32 Å². The van der Waals surface area contributed by atoms with Crippen LogP contribution in [-0.2, 0) is 14.3 Å². The van der Waals surface area contributed by atoms with Gasteiger partial charge in [0.2, 0.25) is 5.91 Å². The highest BCUT2D eigenvalue weighted by Crippen LogP contribution is 2.55. The van der Waals surface area contributed by atoms with Gasteiger partial charge in [-0.1, -0.05) is 48.5 Å². The van der Waals surface area contributed by atoms with Gasteiger partial charge in [0.1, 0.15) is 19.1 Å². The van der Waals surface area contributed by atoms with Crippen molar-refractivity contribution in [1.82, 2.24) is 10.2 Å². The molecule has 0 aliphatic heterocycles. The zero-order chi connectivity index (χ0) is 23.0. The van der Waals surface area contributed by atoms with E-state index in [0.29, 0.717) is 0 Å². The fraction of sp³-hybridized carbons (Fsp3) is 0.348. The van der Waals surface area contributed by atoms with Gasteiger partial charge in [0.25, 0.3) is 5.92 Å². The van der Waals surface area contributed by atoms with Crippen LogP contribution in [0.2, 0.25) is 0 Å². The van der Waals surface area contributed by atoms with Gasteiger partial charge in [0, 0.05) is 19.5 Å². The monoisotopic (exact) mass is 444 g/mol. The third kappa shape index (κ3) is 3.90. The number of fused-ring (bicyclic) bond motifs is 3. The molecule has 2 aromatic carbocycles. The van der Waals surface area contributed by atoms with Crippen molar-refractivity contribution in [2.24, 2.45) is 11.8 Å².